The molecule has 0 fully saturated rings. The van der Waals surface area contributed by atoms with E-state index in [0.29, 0.717) is 10.4 Å². The second-order valence-electron chi connectivity index (χ2n) is 1.71. The topological polar surface area (TPSA) is 27.1 Å². The van der Waals surface area contributed by atoms with Gasteiger partial charge >= 0.3 is 0 Å². The minimum absolute atomic E-state index is 0.342. The number of rotatable bonds is 2. The van der Waals surface area contributed by atoms with Crippen molar-refractivity contribution in [3.63, 3.8) is 0 Å². The van der Waals surface area contributed by atoms with Crippen LogP contribution in [0.4, 0.5) is 4.39 Å². The Balaban J connectivity index is 2.83. The third kappa shape index (κ3) is 1.46. The van der Waals surface area contributed by atoms with Gasteiger partial charge in [-0.2, -0.15) is 4.39 Å². The molecular weight excluding hydrogens is 250 g/mol. The maximum absolute atomic E-state index is 12.5. The van der Waals surface area contributed by atoms with Gasteiger partial charge in [-0.05, 0) is 22.6 Å². The second-order valence-corrected chi connectivity index (χ2v) is 2.74. The maximum Gasteiger partial charge on any atom is 0.244 e. The molecule has 0 amide bonds. The molecule has 0 aliphatic rings. The van der Waals surface area contributed by atoms with Gasteiger partial charge in [-0.15, -0.1) is 0 Å². The van der Waals surface area contributed by atoms with E-state index in [2.05, 4.69) is 4.98 Å². The SMILES string of the molecule is COCn1cnc(F)c1I. The van der Waals surface area contributed by atoms with Crippen LogP contribution in [0.5, 0.6) is 0 Å². The van der Waals surface area contributed by atoms with Crippen molar-refractivity contribution in [2.75, 3.05) is 7.11 Å². The zero-order valence-electron chi connectivity index (χ0n) is 5.34. The van der Waals surface area contributed by atoms with Crippen LogP contribution < -0.4 is 0 Å². The number of ether oxygens (including phenoxy) is 1. The minimum atomic E-state index is -0.447. The molecule has 3 nitrogen and oxygen atoms in total. The summed E-state index contributed by atoms with van der Waals surface area (Å²) in [7, 11) is 1.55. The van der Waals surface area contributed by atoms with Crippen LogP contribution in [0.2, 0.25) is 0 Å². The summed E-state index contributed by atoms with van der Waals surface area (Å²) in [6.45, 7) is 0.342. The van der Waals surface area contributed by atoms with Gasteiger partial charge in [0.2, 0.25) is 5.95 Å². The number of hydrogen-bond donors (Lipinski definition) is 0. The summed E-state index contributed by atoms with van der Waals surface area (Å²) in [5, 5.41) is 0. The van der Waals surface area contributed by atoms with Gasteiger partial charge in [0.15, 0.2) is 0 Å². The molecule has 0 bridgehead atoms. The highest BCUT2D eigenvalue weighted by Gasteiger charge is 2.04. The molecule has 0 saturated heterocycles. The van der Waals surface area contributed by atoms with Crippen LogP contribution >= 0.6 is 22.6 Å². The van der Waals surface area contributed by atoms with Gasteiger partial charge in [-0.3, -0.25) is 4.57 Å². The average molecular weight is 256 g/mol. The van der Waals surface area contributed by atoms with Gasteiger partial charge in [0.25, 0.3) is 0 Å². The monoisotopic (exact) mass is 256 g/mol. The zero-order valence-corrected chi connectivity index (χ0v) is 7.50. The predicted octanol–water partition coefficient (Wildman–Crippen LogP) is 1.23. The number of imidazole rings is 1. The summed E-state index contributed by atoms with van der Waals surface area (Å²) < 4.78 is 19.3. The Labute approximate surface area is 71.3 Å². The van der Waals surface area contributed by atoms with Gasteiger partial charge in [0.1, 0.15) is 16.8 Å². The Bertz CT molecular complexity index is 225. The molecule has 0 unspecified atom stereocenters. The Morgan fingerprint density at radius 1 is 1.90 bits per heavy atom. The second kappa shape index (κ2) is 3.29. The first-order chi connectivity index (χ1) is 4.75. The van der Waals surface area contributed by atoms with E-state index in [0.717, 1.165) is 0 Å². The maximum atomic E-state index is 12.5. The molecule has 1 aromatic rings. The minimum Gasteiger partial charge on any atom is -0.364 e. The third-order valence-corrected chi connectivity index (χ3v) is 2.07. The summed E-state index contributed by atoms with van der Waals surface area (Å²) in [6.07, 6.45) is 1.40. The van der Waals surface area contributed by atoms with E-state index in [1.165, 1.54) is 6.33 Å². The van der Waals surface area contributed by atoms with Gasteiger partial charge < -0.3 is 4.74 Å². The summed E-state index contributed by atoms with van der Waals surface area (Å²) in [5.74, 6) is -0.447. The van der Waals surface area contributed by atoms with E-state index < -0.39 is 5.95 Å². The highest BCUT2D eigenvalue weighted by molar-refractivity contribution is 14.1. The van der Waals surface area contributed by atoms with Gasteiger partial charge in [-0.25, -0.2) is 4.98 Å². The van der Waals surface area contributed by atoms with Crippen LogP contribution in [0.25, 0.3) is 0 Å². The fourth-order valence-corrected chi connectivity index (χ4v) is 0.975. The van der Waals surface area contributed by atoms with Crippen LogP contribution in [0, 0.1) is 9.65 Å². The third-order valence-electron chi connectivity index (χ3n) is 1.00. The molecule has 0 saturated carbocycles. The van der Waals surface area contributed by atoms with E-state index in [4.69, 9.17) is 4.74 Å². The zero-order chi connectivity index (χ0) is 7.56. The Hall–Kier alpha value is -0.170. The van der Waals surface area contributed by atoms with Crippen LogP contribution in [0.1, 0.15) is 0 Å². The van der Waals surface area contributed by atoms with Crippen LogP contribution in [0.3, 0.4) is 0 Å². The molecular formula is C5H6FIN2O. The lowest BCUT2D eigenvalue weighted by atomic mass is 10.9. The number of aromatic nitrogens is 2. The highest BCUT2D eigenvalue weighted by atomic mass is 127. The summed E-state index contributed by atoms with van der Waals surface area (Å²) in [6, 6.07) is 0. The first-order valence-electron chi connectivity index (χ1n) is 2.60. The van der Waals surface area contributed by atoms with Crippen molar-refractivity contribution in [2.24, 2.45) is 0 Å². The largest absolute Gasteiger partial charge is 0.364 e. The van der Waals surface area contributed by atoms with Crippen molar-refractivity contribution < 1.29 is 9.13 Å². The molecule has 0 aromatic carbocycles. The summed E-state index contributed by atoms with van der Waals surface area (Å²) in [4.78, 5) is 3.44. The quantitative estimate of drug-likeness (QED) is 0.744. The van der Waals surface area contributed by atoms with Crippen molar-refractivity contribution in [1.82, 2.24) is 9.55 Å². The fourth-order valence-electron chi connectivity index (χ4n) is 0.572. The Kier molecular flexibility index (Phi) is 2.61. The summed E-state index contributed by atoms with van der Waals surface area (Å²) in [5.41, 5.74) is 0. The molecule has 0 aliphatic carbocycles. The van der Waals surface area contributed by atoms with E-state index >= 15 is 0 Å². The number of halogens is 2. The standard InChI is InChI=1S/C5H6FIN2O/c1-10-3-9-2-8-4(6)5(9)7/h2H,3H2,1H3. The Morgan fingerprint density at radius 3 is 3.00 bits per heavy atom. The molecule has 1 aromatic heterocycles. The van der Waals surface area contributed by atoms with Crippen molar-refractivity contribution in [2.45, 2.75) is 6.73 Å². The molecule has 0 atom stereocenters. The lowest BCUT2D eigenvalue weighted by Gasteiger charge is -1.99. The predicted molar refractivity (Wildman–Crippen MR) is 41.9 cm³/mol. The molecule has 0 aliphatic heterocycles. The smallest absolute Gasteiger partial charge is 0.244 e. The van der Waals surface area contributed by atoms with E-state index in [1.807, 2.05) is 22.6 Å². The lowest BCUT2D eigenvalue weighted by molar-refractivity contribution is 0.129. The molecule has 1 rings (SSSR count). The van der Waals surface area contributed by atoms with Crippen LogP contribution in [-0.2, 0) is 11.5 Å². The molecule has 1 heterocycles. The molecule has 5 heteroatoms. The molecule has 0 radical (unpaired) electrons. The van der Waals surface area contributed by atoms with E-state index in [-0.39, 0.29) is 0 Å². The van der Waals surface area contributed by atoms with Crippen LogP contribution in [0.15, 0.2) is 6.33 Å². The van der Waals surface area contributed by atoms with Crippen molar-refractivity contribution in [1.29, 1.82) is 0 Å². The van der Waals surface area contributed by atoms with Crippen molar-refractivity contribution in [3.8, 4) is 0 Å². The number of methoxy groups -OCH3 is 1. The average Bonchev–Trinajstić information content (AvgIpc) is 2.20. The number of hydrogen-bond acceptors (Lipinski definition) is 2. The van der Waals surface area contributed by atoms with Gasteiger partial charge in [0.05, 0.1) is 0 Å². The molecule has 0 spiro atoms. The lowest BCUT2D eigenvalue weighted by Crippen LogP contribution is -2.00. The number of nitrogens with zero attached hydrogens (tertiary/aromatic N) is 2. The molecule has 10 heavy (non-hydrogen) atoms. The van der Waals surface area contributed by atoms with Crippen molar-refractivity contribution in [3.05, 3.63) is 16.0 Å². The Morgan fingerprint density at radius 2 is 2.60 bits per heavy atom. The van der Waals surface area contributed by atoms with E-state index in [1.54, 1.807) is 11.7 Å². The van der Waals surface area contributed by atoms with Gasteiger partial charge in [-0.1, -0.05) is 0 Å². The van der Waals surface area contributed by atoms with Crippen molar-refractivity contribution >= 4 is 22.6 Å². The molecule has 0 N–H and O–H groups in total. The first-order valence-corrected chi connectivity index (χ1v) is 3.68. The summed E-state index contributed by atoms with van der Waals surface area (Å²) >= 11 is 1.87. The van der Waals surface area contributed by atoms with Gasteiger partial charge in [0, 0.05) is 7.11 Å². The van der Waals surface area contributed by atoms with Crippen LogP contribution in [-0.4, -0.2) is 16.7 Å². The highest BCUT2D eigenvalue weighted by Crippen LogP contribution is 2.07. The van der Waals surface area contributed by atoms with E-state index in [9.17, 15) is 4.39 Å². The molecule has 56 valence electrons. The first kappa shape index (κ1) is 7.93. The normalized spacial score (nSPS) is 10.3. The fraction of sp³-hybridized carbons (Fsp3) is 0.400.